The van der Waals surface area contributed by atoms with Crippen molar-refractivity contribution >= 4 is 44.4 Å². The van der Waals surface area contributed by atoms with E-state index in [9.17, 15) is 18.0 Å². The molecule has 1 atom stereocenters. The standard InChI is InChI=1S/C23H22FN3O3S3/c1-15(32-23(31)27(2)28)3-4-16-13-21(17-7-11-20(12-8-17)33(25,29)30)22(26-14-16)18-5-9-19(24)10-6-18/h3-15,28H,1-2H3,(H2,25,29,30). The number of benzene rings is 2. The number of halogens is 1. The molecule has 1 aromatic heterocycles. The first-order valence-corrected chi connectivity index (χ1v) is 12.6. The molecule has 33 heavy (non-hydrogen) atoms. The van der Waals surface area contributed by atoms with Crippen LogP contribution in [0.25, 0.3) is 28.5 Å². The second-order valence-corrected chi connectivity index (χ2v) is 10.8. The number of aromatic nitrogens is 1. The van der Waals surface area contributed by atoms with E-state index < -0.39 is 10.0 Å². The van der Waals surface area contributed by atoms with Crippen LogP contribution in [-0.4, -0.2) is 40.3 Å². The molecule has 0 aliphatic rings. The lowest BCUT2D eigenvalue weighted by atomic mass is 9.97. The molecule has 0 saturated carbocycles. The number of hydrogen-bond donors (Lipinski definition) is 2. The summed E-state index contributed by atoms with van der Waals surface area (Å²) in [7, 11) is -2.34. The van der Waals surface area contributed by atoms with E-state index in [2.05, 4.69) is 4.98 Å². The monoisotopic (exact) mass is 503 g/mol. The lowest BCUT2D eigenvalue weighted by molar-refractivity contribution is 0.0205. The summed E-state index contributed by atoms with van der Waals surface area (Å²) in [5.74, 6) is -0.352. The van der Waals surface area contributed by atoms with Crippen molar-refractivity contribution in [2.24, 2.45) is 5.14 Å². The van der Waals surface area contributed by atoms with Gasteiger partial charge in [0.25, 0.3) is 0 Å². The number of hydrogen-bond acceptors (Lipinski definition) is 6. The van der Waals surface area contributed by atoms with Gasteiger partial charge in [-0.05, 0) is 60.5 Å². The first kappa shape index (κ1) is 25.0. The largest absolute Gasteiger partial charge is 0.287 e. The Morgan fingerprint density at radius 1 is 1.18 bits per heavy atom. The summed E-state index contributed by atoms with van der Waals surface area (Å²) in [6.45, 7) is 1.95. The van der Waals surface area contributed by atoms with Gasteiger partial charge in [0.15, 0.2) is 4.32 Å². The Balaban J connectivity index is 2.01. The Bertz CT molecular complexity index is 1280. The number of thiocarbonyl (C=S) groups is 1. The van der Waals surface area contributed by atoms with Gasteiger partial charge in [-0.1, -0.05) is 48.3 Å². The first-order chi connectivity index (χ1) is 15.5. The van der Waals surface area contributed by atoms with Crippen LogP contribution in [0, 0.1) is 5.82 Å². The maximum absolute atomic E-state index is 13.4. The van der Waals surface area contributed by atoms with Crippen LogP contribution in [-0.2, 0) is 10.0 Å². The average molecular weight is 504 g/mol. The van der Waals surface area contributed by atoms with Crippen LogP contribution in [0.2, 0.25) is 0 Å². The van der Waals surface area contributed by atoms with Crippen LogP contribution < -0.4 is 5.14 Å². The number of rotatable bonds is 6. The molecule has 172 valence electrons. The lowest BCUT2D eigenvalue weighted by Crippen LogP contribution is -2.18. The fourth-order valence-corrected chi connectivity index (χ4v) is 4.57. The van der Waals surface area contributed by atoms with Crippen molar-refractivity contribution in [3.8, 4) is 22.4 Å². The Hall–Kier alpha value is -2.63. The molecule has 0 saturated heterocycles. The summed E-state index contributed by atoms with van der Waals surface area (Å²) in [4.78, 5) is 4.60. The molecule has 0 amide bonds. The second kappa shape index (κ2) is 10.5. The molecule has 3 aromatic rings. The summed E-state index contributed by atoms with van der Waals surface area (Å²) in [6.07, 6.45) is 5.52. The van der Waals surface area contributed by atoms with Crippen molar-refractivity contribution < 1.29 is 18.0 Å². The van der Waals surface area contributed by atoms with Crippen LogP contribution in [0.1, 0.15) is 12.5 Å². The molecule has 0 bridgehead atoms. The van der Waals surface area contributed by atoms with Gasteiger partial charge in [0, 0.05) is 29.6 Å². The summed E-state index contributed by atoms with van der Waals surface area (Å²) >= 11 is 6.43. The maximum atomic E-state index is 13.4. The molecule has 0 fully saturated rings. The smallest absolute Gasteiger partial charge is 0.238 e. The molecule has 10 heteroatoms. The van der Waals surface area contributed by atoms with Gasteiger partial charge in [-0.3, -0.25) is 10.2 Å². The Morgan fingerprint density at radius 3 is 2.36 bits per heavy atom. The molecule has 6 nitrogen and oxygen atoms in total. The molecule has 1 unspecified atom stereocenters. The summed E-state index contributed by atoms with van der Waals surface area (Å²) < 4.78 is 37.0. The molecule has 0 spiro atoms. The highest BCUT2D eigenvalue weighted by Gasteiger charge is 2.13. The quantitative estimate of drug-likeness (QED) is 0.363. The zero-order chi connectivity index (χ0) is 24.2. The average Bonchev–Trinajstić information content (AvgIpc) is 2.77. The predicted octanol–water partition coefficient (Wildman–Crippen LogP) is 4.94. The molecule has 3 rings (SSSR count). The first-order valence-electron chi connectivity index (χ1n) is 9.75. The van der Waals surface area contributed by atoms with Crippen LogP contribution in [0.3, 0.4) is 0 Å². The highest BCUT2D eigenvalue weighted by atomic mass is 32.2. The van der Waals surface area contributed by atoms with Crippen LogP contribution in [0.5, 0.6) is 0 Å². The summed E-state index contributed by atoms with van der Waals surface area (Å²) in [5, 5.41) is 15.5. The van der Waals surface area contributed by atoms with E-state index in [1.54, 1.807) is 30.5 Å². The molecule has 1 heterocycles. The van der Waals surface area contributed by atoms with Crippen LogP contribution in [0.4, 0.5) is 4.39 Å². The lowest BCUT2D eigenvalue weighted by Gasteiger charge is -2.13. The van der Waals surface area contributed by atoms with Crippen molar-refractivity contribution in [2.45, 2.75) is 17.1 Å². The van der Waals surface area contributed by atoms with Gasteiger partial charge in [-0.25, -0.2) is 23.0 Å². The van der Waals surface area contributed by atoms with E-state index in [-0.39, 0.29) is 16.0 Å². The molecular formula is C23H22FN3O3S3. The Kier molecular flexibility index (Phi) is 7.98. The fraction of sp³-hybridized carbons (Fsp3) is 0.130. The zero-order valence-corrected chi connectivity index (χ0v) is 20.3. The number of hydroxylamine groups is 2. The number of pyridine rings is 1. The predicted molar refractivity (Wildman–Crippen MR) is 135 cm³/mol. The Labute approximate surface area is 202 Å². The number of thioether (sulfide) groups is 1. The van der Waals surface area contributed by atoms with E-state index in [1.807, 2.05) is 25.1 Å². The van der Waals surface area contributed by atoms with Gasteiger partial charge < -0.3 is 0 Å². The van der Waals surface area contributed by atoms with E-state index in [0.717, 1.165) is 27.3 Å². The summed E-state index contributed by atoms with van der Waals surface area (Å²) in [5.41, 5.74) is 3.63. The minimum atomic E-state index is -3.81. The number of nitrogens with zero attached hydrogens (tertiary/aromatic N) is 2. The molecule has 0 radical (unpaired) electrons. The van der Waals surface area contributed by atoms with E-state index >= 15 is 0 Å². The topological polar surface area (TPSA) is 96.5 Å². The third-order valence-corrected chi connectivity index (χ3v) is 7.11. The number of primary sulfonamides is 1. The van der Waals surface area contributed by atoms with Crippen LogP contribution >= 0.6 is 24.0 Å². The number of sulfonamides is 1. The SMILES string of the molecule is CC(C=Cc1cnc(-c2ccc(F)cc2)c(-c2ccc(S(N)(=O)=O)cc2)c1)SC(=S)N(C)O. The van der Waals surface area contributed by atoms with E-state index in [4.69, 9.17) is 17.4 Å². The van der Waals surface area contributed by atoms with Gasteiger partial charge in [-0.2, -0.15) is 0 Å². The molecule has 3 N–H and O–H groups in total. The third-order valence-electron chi connectivity index (χ3n) is 4.63. The molecular weight excluding hydrogens is 481 g/mol. The summed E-state index contributed by atoms with van der Waals surface area (Å²) in [6, 6.07) is 14.1. The van der Waals surface area contributed by atoms with Crippen LogP contribution in [0.15, 0.2) is 71.8 Å². The van der Waals surface area contributed by atoms with E-state index in [0.29, 0.717) is 10.0 Å². The maximum Gasteiger partial charge on any atom is 0.238 e. The molecule has 0 aliphatic heterocycles. The van der Waals surface area contributed by atoms with E-state index in [1.165, 1.54) is 43.1 Å². The normalized spacial score (nSPS) is 12.6. The zero-order valence-electron chi connectivity index (χ0n) is 17.8. The fourth-order valence-electron chi connectivity index (χ4n) is 2.98. The highest BCUT2D eigenvalue weighted by Crippen LogP contribution is 2.32. The number of nitrogens with two attached hydrogens (primary N) is 1. The van der Waals surface area contributed by atoms with Gasteiger partial charge in [0.2, 0.25) is 10.0 Å². The Morgan fingerprint density at radius 2 is 1.79 bits per heavy atom. The highest BCUT2D eigenvalue weighted by molar-refractivity contribution is 8.23. The van der Waals surface area contributed by atoms with Gasteiger partial charge >= 0.3 is 0 Å². The van der Waals surface area contributed by atoms with Crippen molar-refractivity contribution in [1.82, 2.24) is 10.0 Å². The third kappa shape index (κ3) is 6.68. The van der Waals surface area contributed by atoms with Gasteiger partial charge in [0.05, 0.1) is 10.6 Å². The second-order valence-electron chi connectivity index (χ2n) is 7.21. The van der Waals surface area contributed by atoms with Crippen molar-refractivity contribution in [3.63, 3.8) is 0 Å². The van der Waals surface area contributed by atoms with Crippen molar-refractivity contribution in [2.75, 3.05) is 7.05 Å². The van der Waals surface area contributed by atoms with Gasteiger partial charge in [0.1, 0.15) is 5.82 Å². The van der Waals surface area contributed by atoms with Crippen molar-refractivity contribution in [3.05, 3.63) is 78.3 Å². The van der Waals surface area contributed by atoms with Gasteiger partial charge in [-0.15, -0.1) is 0 Å². The minimum absolute atomic E-state index is 0.00127. The van der Waals surface area contributed by atoms with Crippen molar-refractivity contribution in [1.29, 1.82) is 0 Å². The molecule has 0 aliphatic carbocycles. The minimum Gasteiger partial charge on any atom is -0.287 e. The molecule has 2 aromatic carbocycles.